The molecule has 2 unspecified atom stereocenters. The Morgan fingerprint density at radius 3 is 2.17 bits per heavy atom. The molecule has 0 bridgehead atoms. The van der Waals surface area contributed by atoms with Gasteiger partial charge in [0.25, 0.3) is 0 Å². The highest BCUT2D eigenvalue weighted by molar-refractivity contribution is 5.06. The van der Waals surface area contributed by atoms with Gasteiger partial charge in [-0.05, 0) is 56.3 Å². The van der Waals surface area contributed by atoms with Crippen LogP contribution < -0.4 is 5.73 Å². The fourth-order valence-corrected chi connectivity index (χ4v) is 4.25. The lowest BCUT2D eigenvalue weighted by atomic mass is 9.59. The van der Waals surface area contributed by atoms with Crippen molar-refractivity contribution in [3.63, 3.8) is 0 Å². The summed E-state index contributed by atoms with van der Waals surface area (Å²) < 4.78 is 0. The summed E-state index contributed by atoms with van der Waals surface area (Å²) in [6, 6.07) is 0. The van der Waals surface area contributed by atoms with Crippen molar-refractivity contribution in [2.45, 2.75) is 77.7 Å². The first kappa shape index (κ1) is 14.3. The molecule has 0 heterocycles. The highest BCUT2D eigenvalue weighted by Gasteiger charge is 2.54. The summed E-state index contributed by atoms with van der Waals surface area (Å²) >= 11 is 0. The molecule has 2 aliphatic carbocycles. The second-order valence-electron chi connectivity index (χ2n) is 7.70. The van der Waals surface area contributed by atoms with Gasteiger partial charge in [0.1, 0.15) is 0 Å². The number of hydrogen-bond acceptors (Lipinski definition) is 2. The third-order valence-corrected chi connectivity index (χ3v) is 6.10. The number of nitrogens with two attached hydrogens (primary N) is 1. The molecule has 0 saturated heterocycles. The summed E-state index contributed by atoms with van der Waals surface area (Å²) in [6.07, 6.45) is 8.98. The van der Waals surface area contributed by atoms with Crippen LogP contribution in [-0.2, 0) is 0 Å². The molecule has 0 amide bonds. The van der Waals surface area contributed by atoms with Crippen LogP contribution in [0.15, 0.2) is 0 Å². The Hall–Kier alpha value is -0.0800. The molecule has 18 heavy (non-hydrogen) atoms. The van der Waals surface area contributed by atoms with E-state index in [4.69, 9.17) is 5.73 Å². The first-order valence-corrected chi connectivity index (χ1v) is 7.79. The van der Waals surface area contributed by atoms with E-state index in [1.165, 1.54) is 12.8 Å². The Labute approximate surface area is 112 Å². The van der Waals surface area contributed by atoms with Crippen LogP contribution >= 0.6 is 0 Å². The Morgan fingerprint density at radius 1 is 1.11 bits per heavy atom. The molecule has 0 spiro atoms. The maximum atomic E-state index is 11.2. The highest BCUT2D eigenvalue weighted by atomic mass is 16.3. The highest BCUT2D eigenvalue weighted by Crippen LogP contribution is 2.56. The van der Waals surface area contributed by atoms with Gasteiger partial charge in [0.15, 0.2) is 0 Å². The minimum absolute atomic E-state index is 0.0180. The molecular weight excluding hydrogens is 222 g/mol. The lowest BCUT2D eigenvalue weighted by Gasteiger charge is -2.50. The topological polar surface area (TPSA) is 46.2 Å². The molecule has 0 radical (unpaired) electrons. The average molecular weight is 253 g/mol. The SMILES string of the molecule is CCC1CCC(CN)(C2(O)CCC(C)(C)CC2)C1. The molecule has 2 fully saturated rings. The van der Waals surface area contributed by atoms with Crippen LogP contribution in [0.4, 0.5) is 0 Å². The summed E-state index contributed by atoms with van der Waals surface area (Å²) in [5.74, 6) is 0.785. The van der Waals surface area contributed by atoms with Crippen molar-refractivity contribution >= 4 is 0 Å². The largest absolute Gasteiger partial charge is 0.389 e. The number of rotatable bonds is 3. The van der Waals surface area contributed by atoms with E-state index >= 15 is 0 Å². The van der Waals surface area contributed by atoms with Gasteiger partial charge in [0.2, 0.25) is 0 Å². The smallest absolute Gasteiger partial charge is 0.0716 e. The maximum absolute atomic E-state index is 11.2. The molecule has 2 heteroatoms. The molecule has 2 rings (SSSR count). The van der Waals surface area contributed by atoms with Gasteiger partial charge in [0.05, 0.1) is 5.60 Å². The predicted molar refractivity (Wildman–Crippen MR) is 76.3 cm³/mol. The van der Waals surface area contributed by atoms with Crippen molar-refractivity contribution in [1.29, 1.82) is 0 Å². The predicted octanol–water partition coefficient (Wildman–Crippen LogP) is 3.47. The van der Waals surface area contributed by atoms with Crippen molar-refractivity contribution in [2.75, 3.05) is 6.54 Å². The Bertz CT molecular complexity index is 289. The number of aliphatic hydroxyl groups is 1. The van der Waals surface area contributed by atoms with Crippen LogP contribution in [-0.4, -0.2) is 17.3 Å². The van der Waals surface area contributed by atoms with Gasteiger partial charge in [-0.15, -0.1) is 0 Å². The van der Waals surface area contributed by atoms with Gasteiger partial charge in [-0.1, -0.05) is 27.2 Å². The second-order valence-corrected chi connectivity index (χ2v) is 7.70. The van der Waals surface area contributed by atoms with Gasteiger partial charge in [-0.25, -0.2) is 0 Å². The summed E-state index contributed by atoms with van der Waals surface area (Å²) in [7, 11) is 0. The average Bonchev–Trinajstić information content (AvgIpc) is 2.79. The third-order valence-electron chi connectivity index (χ3n) is 6.10. The molecule has 2 saturated carbocycles. The molecule has 0 aromatic rings. The van der Waals surface area contributed by atoms with Crippen LogP contribution in [0, 0.1) is 16.7 Å². The molecule has 2 atom stereocenters. The first-order chi connectivity index (χ1) is 8.36. The molecule has 2 nitrogen and oxygen atoms in total. The van der Waals surface area contributed by atoms with Gasteiger partial charge >= 0.3 is 0 Å². The zero-order chi connectivity index (χ0) is 13.4. The fourth-order valence-electron chi connectivity index (χ4n) is 4.25. The third kappa shape index (κ3) is 2.34. The minimum Gasteiger partial charge on any atom is -0.389 e. The minimum atomic E-state index is -0.485. The zero-order valence-electron chi connectivity index (χ0n) is 12.5. The van der Waals surface area contributed by atoms with E-state index in [0.717, 1.165) is 44.4 Å². The normalized spacial score (nSPS) is 38.8. The monoisotopic (exact) mass is 253 g/mol. The van der Waals surface area contributed by atoms with Gasteiger partial charge in [-0.2, -0.15) is 0 Å². The van der Waals surface area contributed by atoms with E-state index in [1.54, 1.807) is 0 Å². The molecule has 2 aliphatic rings. The van der Waals surface area contributed by atoms with Crippen molar-refractivity contribution in [3.8, 4) is 0 Å². The van der Waals surface area contributed by atoms with Gasteiger partial charge in [0, 0.05) is 12.0 Å². The van der Waals surface area contributed by atoms with Gasteiger partial charge in [-0.3, -0.25) is 0 Å². The molecule has 0 aromatic carbocycles. The lowest BCUT2D eigenvalue weighted by Crippen LogP contribution is -2.54. The van der Waals surface area contributed by atoms with E-state index in [-0.39, 0.29) is 5.41 Å². The van der Waals surface area contributed by atoms with Crippen molar-refractivity contribution < 1.29 is 5.11 Å². The molecule has 0 aromatic heterocycles. The van der Waals surface area contributed by atoms with E-state index < -0.39 is 5.60 Å². The quantitative estimate of drug-likeness (QED) is 0.809. The Balaban J connectivity index is 2.13. The van der Waals surface area contributed by atoms with E-state index in [9.17, 15) is 5.11 Å². The Kier molecular flexibility index (Phi) is 3.81. The summed E-state index contributed by atoms with van der Waals surface area (Å²) in [4.78, 5) is 0. The van der Waals surface area contributed by atoms with Crippen LogP contribution in [0.2, 0.25) is 0 Å². The second kappa shape index (κ2) is 4.79. The maximum Gasteiger partial charge on any atom is 0.0716 e. The molecule has 0 aliphatic heterocycles. The van der Waals surface area contributed by atoms with E-state index in [1.807, 2.05) is 0 Å². The first-order valence-electron chi connectivity index (χ1n) is 7.79. The van der Waals surface area contributed by atoms with E-state index in [0.29, 0.717) is 12.0 Å². The Morgan fingerprint density at radius 2 is 1.72 bits per heavy atom. The molecule has 106 valence electrons. The fraction of sp³-hybridized carbons (Fsp3) is 1.00. The summed E-state index contributed by atoms with van der Waals surface area (Å²) in [6.45, 7) is 7.59. The number of hydrogen-bond donors (Lipinski definition) is 2. The van der Waals surface area contributed by atoms with Crippen LogP contribution in [0.3, 0.4) is 0 Å². The van der Waals surface area contributed by atoms with E-state index in [2.05, 4.69) is 20.8 Å². The standard InChI is InChI=1S/C16H31NO/c1-4-13-5-6-15(11-13,12-17)16(18)9-7-14(2,3)8-10-16/h13,18H,4-12,17H2,1-3H3. The van der Waals surface area contributed by atoms with Gasteiger partial charge < -0.3 is 10.8 Å². The molecule has 3 N–H and O–H groups in total. The van der Waals surface area contributed by atoms with Crippen molar-refractivity contribution in [1.82, 2.24) is 0 Å². The molecular formula is C16H31NO. The van der Waals surface area contributed by atoms with Crippen LogP contribution in [0.25, 0.3) is 0 Å². The van der Waals surface area contributed by atoms with Crippen molar-refractivity contribution in [3.05, 3.63) is 0 Å². The van der Waals surface area contributed by atoms with Crippen LogP contribution in [0.5, 0.6) is 0 Å². The zero-order valence-corrected chi connectivity index (χ0v) is 12.5. The summed E-state index contributed by atoms with van der Waals surface area (Å²) in [5, 5.41) is 11.2. The van der Waals surface area contributed by atoms with Crippen LogP contribution in [0.1, 0.15) is 72.1 Å². The van der Waals surface area contributed by atoms with Crippen molar-refractivity contribution in [2.24, 2.45) is 22.5 Å². The lowest BCUT2D eigenvalue weighted by molar-refractivity contribution is -0.121. The summed E-state index contributed by atoms with van der Waals surface area (Å²) in [5.41, 5.74) is 6.05.